The van der Waals surface area contributed by atoms with Crippen molar-refractivity contribution in [2.75, 3.05) is 31.1 Å². The molecular weight excluding hydrogens is 258 g/mol. The van der Waals surface area contributed by atoms with Crippen molar-refractivity contribution in [3.8, 4) is 0 Å². The largest absolute Gasteiger partial charge is 0.481 e. The van der Waals surface area contributed by atoms with Crippen LogP contribution in [0.15, 0.2) is 17.2 Å². The van der Waals surface area contributed by atoms with Gasteiger partial charge in [0.2, 0.25) is 0 Å². The van der Waals surface area contributed by atoms with Crippen molar-refractivity contribution < 1.29 is 9.90 Å². The number of hydrogen-bond donors (Lipinski definition) is 2. The molecule has 2 rings (SSSR count). The fourth-order valence-corrected chi connectivity index (χ4v) is 2.40. The summed E-state index contributed by atoms with van der Waals surface area (Å²) in [6, 6.07) is 3.53. The van der Waals surface area contributed by atoms with Gasteiger partial charge in [-0.1, -0.05) is 5.11 Å². The van der Waals surface area contributed by atoms with Crippen molar-refractivity contribution in [1.82, 2.24) is 5.32 Å². The molecule has 0 radical (unpaired) electrons. The first-order chi connectivity index (χ1) is 9.61. The Morgan fingerprint density at radius 2 is 2.20 bits per heavy atom. The molecule has 0 aromatic heterocycles. The standard InChI is InChI=1S/C13H17N5O2/c1-9-11(16-17-14)6-10(8-13(19)20)7-12(9)18-4-2-15-3-5-18/h6-7,15H,2-5,8H2,1H3,(H,19,20). The molecule has 0 atom stereocenters. The van der Waals surface area contributed by atoms with Gasteiger partial charge in [0.05, 0.1) is 6.42 Å². The predicted octanol–water partition coefficient (Wildman–Crippen LogP) is 1.97. The van der Waals surface area contributed by atoms with E-state index >= 15 is 0 Å². The molecule has 0 unspecified atom stereocenters. The van der Waals surface area contributed by atoms with E-state index in [0.717, 1.165) is 37.4 Å². The molecule has 1 aliphatic heterocycles. The number of anilines is 1. The molecular formula is C13H17N5O2. The van der Waals surface area contributed by atoms with E-state index in [0.29, 0.717) is 11.3 Å². The van der Waals surface area contributed by atoms with Gasteiger partial charge in [-0.05, 0) is 35.7 Å². The van der Waals surface area contributed by atoms with Crippen molar-refractivity contribution in [2.45, 2.75) is 13.3 Å². The van der Waals surface area contributed by atoms with Gasteiger partial charge in [0.25, 0.3) is 0 Å². The number of aliphatic carboxylic acids is 1. The van der Waals surface area contributed by atoms with E-state index in [2.05, 4.69) is 20.2 Å². The summed E-state index contributed by atoms with van der Waals surface area (Å²) in [5, 5.41) is 15.9. The zero-order valence-electron chi connectivity index (χ0n) is 11.3. The Morgan fingerprint density at radius 3 is 2.80 bits per heavy atom. The van der Waals surface area contributed by atoms with E-state index in [4.69, 9.17) is 10.6 Å². The normalized spacial score (nSPS) is 14.8. The summed E-state index contributed by atoms with van der Waals surface area (Å²) in [5.74, 6) is -0.896. The van der Waals surface area contributed by atoms with Gasteiger partial charge in [-0.3, -0.25) is 4.79 Å². The fraction of sp³-hybridized carbons (Fsp3) is 0.462. The number of carboxylic acids is 1. The zero-order chi connectivity index (χ0) is 14.5. The average Bonchev–Trinajstić information content (AvgIpc) is 2.43. The lowest BCUT2D eigenvalue weighted by Crippen LogP contribution is -2.43. The third-order valence-electron chi connectivity index (χ3n) is 3.38. The maximum atomic E-state index is 10.9. The van der Waals surface area contributed by atoms with Gasteiger partial charge in [0.15, 0.2) is 0 Å². The Labute approximate surface area is 116 Å². The summed E-state index contributed by atoms with van der Waals surface area (Å²) >= 11 is 0. The first kappa shape index (κ1) is 14.2. The minimum Gasteiger partial charge on any atom is -0.481 e. The van der Waals surface area contributed by atoms with Gasteiger partial charge >= 0.3 is 5.97 Å². The van der Waals surface area contributed by atoms with E-state index in [1.165, 1.54) is 0 Å². The average molecular weight is 275 g/mol. The van der Waals surface area contributed by atoms with E-state index in [-0.39, 0.29) is 6.42 Å². The number of carboxylic acid groups (broad SMARTS) is 1. The zero-order valence-corrected chi connectivity index (χ0v) is 11.3. The summed E-state index contributed by atoms with van der Waals surface area (Å²) in [6.45, 7) is 5.38. The maximum Gasteiger partial charge on any atom is 0.307 e. The van der Waals surface area contributed by atoms with Crippen LogP contribution in [0.3, 0.4) is 0 Å². The first-order valence-corrected chi connectivity index (χ1v) is 6.48. The van der Waals surface area contributed by atoms with Crippen LogP contribution < -0.4 is 10.2 Å². The Hall–Kier alpha value is -2.24. The fourth-order valence-electron chi connectivity index (χ4n) is 2.40. The molecule has 106 valence electrons. The lowest BCUT2D eigenvalue weighted by atomic mass is 10.0. The highest BCUT2D eigenvalue weighted by molar-refractivity contribution is 5.74. The van der Waals surface area contributed by atoms with Crippen LogP contribution in [0.4, 0.5) is 11.4 Å². The molecule has 7 heteroatoms. The molecule has 1 heterocycles. The molecule has 0 bridgehead atoms. The quantitative estimate of drug-likeness (QED) is 0.498. The Balaban J connectivity index is 2.44. The first-order valence-electron chi connectivity index (χ1n) is 6.48. The van der Waals surface area contributed by atoms with Crippen LogP contribution in [-0.2, 0) is 11.2 Å². The highest BCUT2D eigenvalue weighted by atomic mass is 16.4. The Kier molecular flexibility index (Phi) is 4.45. The number of piperazine rings is 1. The van der Waals surface area contributed by atoms with E-state index in [1.54, 1.807) is 6.07 Å². The Bertz CT molecular complexity index is 560. The minimum atomic E-state index is -0.896. The topological polar surface area (TPSA) is 101 Å². The van der Waals surface area contributed by atoms with Crippen LogP contribution in [0.2, 0.25) is 0 Å². The van der Waals surface area contributed by atoms with Crippen molar-refractivity contribution in [1.29, 1.82) is 0 Å². The van der Waals surface area contributed by atoms with E-state index < -0.39 is 5.97 Å². The molecule has 1 saturated heterocycles. The number of carbonyl (C=O) groups is 1. The minimum absolute atomic E-state index is 0.0761. The SMILES string of the molecule is Cc1c(N=[N+]=[N-])cc(CC(=O)O)cc1N1CCNCC1. The number of nitrogens with zero attached hydrogens (tertiary/aromatic N) is 4. The lowest BCUT2D eigenvalue weighted by molar-refractivity contribution is -0.136. The van der Waals surface area contributed by atoms with Gasteiger partial charge in [-0.2, -0.15) is 0 Å². The molecule has 1 aromatic rings. The number of azide groups is 1. The molecule has 1 aliphatic rings. The van der Waals surface area contributed by atoms with Gasteiger partial charge in [0.1, 0.15) is 0 Å². The van der Waals surface area contributed by atoms with Gasteiger partial charge < -0.3 is 15.3 Å². The monoisotopic (exact) mass is 275 g/mol. The van der Waals surface area contributed by atoms with Crippen LogP contribution in [0.1, 0.15) is 11.1 Å². The molecule has 1 fully saturated rings. The molecule has 2 N–H and O–H groups in total. The van der Waals surface area contributed by atoms with E-state index in [1.807, 2.05) is 13.0 Å². The molecule has 7 nitrogen and oxygen atoms in total. The third-order valence-corrected chi connectivity index (χ3v) is 3.38. The third kappa shape index (κ3) is 3.20. The van der Waals surface area contributed by atoms with Crippen LogP contribution in [0.25, 0.3) is 10.4 Å². The van der Waals surface area contributed by atoms with Crippen molar-refractivity contribution in [2.24, 2.45) is 5.11 Å². The molecule has 1 aromatic carbocycles. The van der Waals surface area contributed by atoms with E-state index in [9.17, 15) is 4.79 Å². The van der Waals surface area contributed by atoms with Crippen molar-refractivity contribution >= 4 is 17.3 Å². The summed E-state index contributed by atoms with van der Waals surface area (Å²) in [4.78, 5) is 15.9. The molecule has 0 aliphatic carbocycles. The number of hydrogen-bond acceptors (Lipinski definition) is 4. The summed E-state index contributed by atoms with van der Waals surface area (Å²) < 4.78 is 0. The van der Waals surface area contributed by atoms with Crippen LogP contribution in [0.5, 0.6) is 0 Å². The number of rotatable bonds is 4. The molecule has 0 spiro atoms. The summed E-state index contributed by atoms with van der Waals surface area (Å²) in [6.07, 6.45) is -0.0761. The molecule has 20 heavy (non-hydrogen) atoms. The van der Waals surface area contributed by atoms with Crippen LogP contribution >= 0.6 is 0 Å². The van der Waals surface area contributed by atoms with Crippen LogP contribution in [-0.4, -0.2) is 37.3 Å². The van der Waals surface area contributed by atoms with Crippen molar-refractivity contribution in [3.63, 3.8) is 0 Å². The smallest absolute Gasteiger partial charge is 0.307 e. The lowest BCUT2D eigenvalue weighted by Gasteiger charge is -2.31. The highest BCUT2D eigenvalue weighted by Gasteiger charge is 2.16. The van der Waals surface area contributed by atoms with Gasteiger partial charge in [0, 0.05) is 42.5 Å². The summed E-state index contributed by atoms with van der Waals surface area (Å²) in [5.41, 5.74) is 11.6. The van der Waals surface area contributed by atoms with Gasteiger partial charge in [-0.15, -0.1) is 0 Å². The summed E-state index contributed by atoms with van der Waals surface area (Å²) in [7, 11) is 0. The number of benzene rings is 1. The highest BCUT2D eigenvalue weighted by Crippen LogP contribution is 2.31. The second-order valence-electron chi connectivity index (χ2n) is 4.76. The number of nitrogens with one attached hydrogen (secondary N) is 1. The molecule has 0 saturated carbocycles. The Morgan fingerprint density at radius 1 is 1.50 bits per heavy atom. The maximum absolute atomic E-state index is 10.9. The second kappa shape index (κ2) is 6.27. The second-order valence-corrected chi connectivity index (χ2v) is 4.76. The van der Waals surface area contributed by atoms with Gasteiger partial charge in [-0.25, -0.2) is 0 Å². The van der Waals surface area contributed by atoms with Crippen molar-refractivity contribution in [3.05, 3.63) is 33.7 Å². The predicted molar refractivity (Wildman–Crippen MR) is 76.4 cm³/mol. The molecule has 0 amide bonds. The van der Waals surface area contributed by atoms with Crippen LogP contribution in [0, 0.1) is 6.92 Å².